The standard InChI is InChI=1S/C20H25N3O4.C19H24N4O4.C13H9FN2O4.C7H17N/c1-2-3-4-5-6-11-21-13-7-8-14-15(12-13)20(27)23(19(14)26)16-9-10-17(24)22-18(16)25;20-9-3-1-2-4-10-21-12-5-6-13-14(11-12)19(27)23(18(13)26)15-7-8-16(24)22-17(15)25;14-6-1-2-7-8(5-6)13(20)16(12(7)19)9-3-4-10(17)15-11(9)18;1-2-3-4-5-6-7-8/h7-8,12,16,21H,2-6,9-11H2,1H3,(H,22,24,25);5-6,11,15,21H,1-4,7-10,20H2,(H,22,24,25);1-2,5,9H,3-4H2,(H,15,17,18);2-8H2,1H3. The summed E-state index contributed by atoms with van der Waals surface area (Å²) in [5.41, 5.74) is 13.5. The van der Waals surface area contributed by atoms with Gasteiger partial charge in [0.15, 0.2) is 0 Å². The Morgan fingerprint density at radius 3 is 1.05 bits per heavy atom. The van der Waals surface area contributed by atoms with E-state index < -0.39 is 83.0 Å². The van der Waals surface area contributed by atoms with Crippen LogP contribution in [-0.2, 0) is 28.8 Å². The van der Waals surface area contributed by atoms with E-state index in [1.807, 2.05) is 0 Å². The number of rotatable bonds is 22. The second-order valence-electron chi connectivity index (χ2n) is 20.7. The van der Waals surface area contributed by atoms with Gasteiger partial charge in [-0.25, -0.2) is 4.39 Å². The number of benzene rings is 3. The highest BCUT2D eigenvalue weighted by molar-refractivity contribution is 6.25. The molecule has 3 fully saturated rings. The molecule has 3 unspecified atom stereocenters. The summed E-state index contributed by atoms with van der Waals surface area (Å²) in [6.45, 7) is 7.55. The Labute approximate surface area is 475 Å². The minimum Gasteiger partial charge on any atom is -0.385 e. The Bertz CT molecular complexity index is 2800. The first-order chi connectivity index (χ1) is 39.4. The van der Waals surface area contributed by atoms with Crippen LogP contribution in [0.5, 0.6) is 0 Å². The molecule has 3 saturated heterocycles. The highest BCUT2D eigenvalue weighted by Gasteiger charge is 2.47. The maximum Gasteiger partial charge on any atom is 0.262 e. The summed E-state index contributed by atoms with van der Waals surface area (Å²) in [5, 5.41) is 13.0. The molecule has 0 radical (unpaired) electrons. The molecule has 0 bridgehead atoms. The molecule has 23 heteroatoms. The van der Waals surface area contributed by atoms with E-state index in [9.17, 15) is 61.9 Å². The first-order valence-corrected chi connectivity index (χ1v) is 28.6. The van der Waals surface area contributed by atoms with Crippen molar-refractivity contribution in [2.45, 2.75) is 160 Å². The summed E-state index contributed by atoms with van der Waals surface area (Å²) >= 11 is 0. The molecule has 6 heterocycles. The van der Waals surface area contributed by atoms with Crippen molar-refractivity contribution in [2.75, 3.05) is 36.8 Å². The van der Waals surface area contributed by atoms with Gasteiger partial charge in [-0.2, -0.15) is 0 Å². The molecule has 3 aromatic rings. The molecule has 0 saturated carbocycles. The number of halogens is 1. The van der Waals surface area contributed by atoms with E-state index >= 15 is 0 Å². The fraction of sp³-hybridized carbons (Fsp3) is 0.492. The third kappa shape index (κ3) is 15.9. The van der Waals surface area contributed by atoms with Gasteiger partial charge in [0.1, 0.15) is 23.9 Å². The summed E-state index contributed by atoms with van der Waals surface area (Å²) in [5.74, 6) is -6.98. The Morgan fingerprint density at radius 1 is 0.415 bits per heavy atom. The number of hydrogen-bond donors (Lipinski definition) is 7. The van der Waals surface area contributed by atoms with Crippen LogP contribution in [-0.4, -0.2) is 130 Å². The largest absolute Gasteiger partial charge is 0.385 e. The molecule has 440 valence electrons. The van der Waals surface area contributed by atoms with Gasteiger partial charge in [-0.1, -0.05) is 78.1 Å². The van der Waals surface area contributed by atoms with Gasteiger partial charge < -0.3 is 22.1 Å². The molecule has 6 aliphatic rings. The molecule has 22 nitrogen and oxygen atoms in total. The number of amides is 12. The molecule has 6 aliphatic heterocycles. The number of carbonyl (C=O) groups excluding carboxylic acids is 12. The first kappa shape index (κ1) is 63.1. The van der Waals surface area contributed by atoms with Crippen LogP contribution in [0.4, 0.5) is 15.8 Å². The van der Waals surface area contributed by atoms with E-state index in [1.165, 1.54) is 57.4 Å². The van der Waals surface area contributed by atoms with Gasteiger partial charge in [0.05, 0.1) is 33.4 Å². The van der Waals surface area contributed by atoms with Gasteiger partial charge in [0, 0.05) is 43.7 Å². The first-order valence-electron chi connectivity index (χ1n) is 28.6. The van der Waals surface area contributed by atoms with Crippen LogP contribution >= 0.6 is 0 Å². The normalized spacial score (nSPS) is 19.0. The molecule has 0 aromatic heterocycles. The lowest BCUT2D eigenvalue weighted by Gasteiger charge is -2.27. The van der Waals surface area contributed by atoms with Crippen LogP contribution in [0.2, 0.25) is 0 Å². The van der Waals surface area contributed by atoms with Crippen molar-refractivity contribution in [1.29, 1.82) is 0 Å². The van der Waals surface area contributed by atoms with E-state index in [1.54, 1.807) is 36.4 Å². The summed E-state index contributed by atoms with van der Waals surface area (Å²) < 4.78 is 13.2. The zero-order valence-corrected chi connectivity index (χ0v) is 46.7. The zero-order chi connectivity index (χ0) is 59.5. The number of imide groups is 6. The van der Waals surface area contributed by atoms with Crippen molar-refractivity contribution < 1.29 is 61.9 Å². The summed E-state index contributed by atoms with van der Waals surface area (Å²) in [6.07, 6.45) is 17.3. The lowest BCUT2D eigenvalue weighted by atomic mass is 10.0. The smallest absolute Gasteiger partial charge is 0.262 e. The second-order valence-corrected chi connectivity index (χ2v) is 20.7. The number of nitrogens with zero attached hydrogens (tertiary/aromatic N) is 3. The molecule has 0 aliphatic carbocycles. The minimum absolute atomic E-state index is 0.0537. The lowest BCUT2D eigenvalue weighted by molar-refractivity contribution is -0.137. The zero-order valence-electron chi connectivity index (χ0n) is 46.7. The van der Waals surface area contributed by atoms with E-state index in [4.69, 9.17) is 11.5 Å². The Balaban J connectivity index is 0.000000187. The third-order valence-corrected chi connectivity index (χ3v) is 14.7. The lowest BCUT2D eigenvalue weighted by Crippen LogP contribution is -2.54. The predicted molar refractivity (Wildman–Crippen MR) is 300 cm³/mol. The van der Waals surface area contributed by atoms with Crippen LogP contribution in [0.3, 0.4) is 0 Å². The van der Waals surface area contributed by atoms with E-state index in [0.717, 1.165) is 96.4 Å². The maximum atomic E-state index is 13.2. The molecule has 0 spiro atoms. The molecule has 3 atom stereocenters. The van der Waals surface area contributed by atoms with Crippen LogP contribution in [0.1, 0.15) is 204 Å². The van der Waals surface area contributed by atoms with Gasteiger partial charge in [0.2, 0.25) is 35.4 Å². The summed E-state index contributed by atoms with van der Waals surface area (Å²) in [4.78, 5) is 147. The monoisotopic (exact) mass is 1130 g/mol. The molecule has 3 aromatic carbocycles. The van der Waals surface area contributed by atoms with E-state index in [2.05, 4.69) is 40.4 Å². The van der Waals surface area contributed by atoms with Crippen LogP contribution in [0.25, 0.3) is 0 Å². The van der Waals surface area contributed by atoms with Crippen molar-refractivity contribution in [3.63, 3.8) is 0 Å². The van der Waals surface area contributed by atoms with Crippen LogP contribution in [0, 0.1) is 5.82 Å². The molecule has 82 heavy (non-hydrogen) atoms. The van der Waals surface area contributed by atoms with Gasteiger partial charge in [0.25, 0.3) is 35.4 Å². The fourth-order valence-electron chi connectivity index (χ4n) is 10.2. The van der Waals surface area contributed by atoms with Crippen molar-refractivity contribution >= 4 is 82.3 Å². The predicted octanol–water partition coefficient (Wildman–Crippen LogP) is 5.63. The average molecular weight is 1140 g/mol. The fourth-order valence-corrected chi connectivity index (χ4v) is 10.2. The van der Waals surface area contributed by atoms with Crippen molar-refractivity contribution in [1.82, 2.24) is 30.7 Å². The second kappa shape index (κ2) is 30.7. The van der Waals surface area contributed by atoms with Gasteiger partial charge >= 0.3 is 0 Å². The quantitative estimate of drug-likeness (QED) is 0.0473. The molecule has 9 N–H and O–H groups in total. The van der Waals surface area contributed by atoms with Crippen LogP contribution in [0.15, 0.2) is 54.6 Å². The number of fused-ring (bicyclic) bond motifs is 3. The topological polar surface area (TPSA) is 327 Å². The van der Waals surface area contributed by atoms with Crippen molar-refractivity contribution in [3.05, 3.63) is 93.8 Å². The SMILES string of the molecule is CCCCCCCN.CCCCCCCNc1ccc2c(c1)C(=O)N(C1CCC(=O)NC1=O)C2=O.NCCCCCCNc1ccc2c(c1)C(=O)N(C1CCC(=O)NC1=O)C2=O.O=C1CCC(N2C(=O)c3ccc(F)cc3C2=O)C(=O)N1. The van der Waals surface area contributed by atoms with Crippen molar-refractivity contribution in [2.24, 2.45) is 11.5 Å². The number of unbranched alkanes of at least 4 members (excludes halogenated alkanes) is 11. The number of piperidine rings is 3. The number of nitrogens with one attached hydrogen (secondary N) is 5. The number of carbonyl (C=O) groups is 12. The number of anilines is 2. The Hall–Kier alpha value is -8.05. The summed E-state index contributed by atoms with van der Waals surface area (Å²) in [6, 6.07) is 10.5. The van der Waals surface area contributed by atoms with Gasteiger partial charge in [-0.3, -0.25) is 88.2 Å². The Kier molecular flexibility index (Phi) is 23.6. The molecular weight excluding hydrogens is 1060 g/mol. The van der Waals surface area contributed by atoms with Gasteiger partial charge in [-0.05, 0) is 113 Å². The minimum atomic E-state index is -1.02. The van der Waals surface area contributed by atoms with Gasteiger partial charge in [-0.15, -0.1) is 0 Å². The highest BCUT2D eigenvalue weighted by atomic mass is 19.1. The molecule has 9 rings (SSSR count). The Morgan fingerprint density at radius 2 is 0.720 bits per heavy atom. The maximum absolute atomic E-state index is 13.2. The number of nitrogens with two attached hydrogens (primary N) is 2. The average Bonchev–Trinajstić information content (AvgIpc) is 3.86. The number of hydrogen-bond acceptors (Lipinski definition) is 16. The van der Waals surface area contributed by atoms with E-state index in [0.29, 0.717) is 17.7 Å². The molecular formula is C59H75FN10O12. The summed E-state index contributed by atoms with van der Waals surface area (Å²) in [7, 11) is 0. The van der Waals surface area contributed by atoms with Crippen molar-refractivity contribution in [3.8, 4) is 0 Å². The molecule has 12 amide bonds. The van der Waals surface area contributed by atoms with Crippen LogP contribution < -0.4 is 38.1 Å². The third-order valence-electron chi connectivity index (χ3n) is 14.7. The van der Waals surface area contributed by atoms with E-state index in [-0.39, 0.29) is 72.6 Å². The highest BCUT2D eigenvalue weighted by Crippen LogP contribution is 2.32.